The van der Waals surface area contributed by atoms with Crippen LogP contribution in [0.25, 0.3) is 0 Å². The van der Waals surface area contributed by atoms with Crippen molar-refractivity contribution >= 4 is 10.0 Å². The highest BCUT2D eigenvalue weighted by atomic mass is 32.2. The summed E-state index contributed by atoms with van der Waals surface area (Å²) in [4.78, 5) is 0.273. The zero-order chi connectivity index (χ0) is 17.4. The smallest absolute Gasteiger partial charge is 0.240 e. The molecule has 6 heteroatoms. The topological polar surface area (TPSA) is 84.2 Å². The third kappa shape index (κ3) is 5.72. The van der Waals surface area contributed by atoms with Crippen molar-refractivity contribution in [2.24, 2.45) is 5.73 Å². The first-order valence-corrected chi connectivity index (χ1v) is 9.54. The van der Waals surface area contributed by atoms with Gasteiger partial charge in [-0.15, -0.1) is 0 Å². The third-order valence-corrected chi connectivity index (χ3v) is 5.30. The molecule has 0 aromatic heterocycles. The van der Waals surface area contributed by atoms with E-state index in [1.54, 1.807) is 30.3 Å². The molecule has 0 saturated carbocycles. The van der Waals surface area contributed by atoms with Crippen molar-refractivity contribution in [2.45, 2.75) is 30.3 Å². The van der Waals surface area contributed by atoms with Gasteiger partial charge in [0.15, 0.2) is 0 Å². The molecule has 2 rings (SSSR count). The van der Waals surface area contributed by atoms with Gasteiger partial charge in [0, 0.05) is 25.2 Å². The number of nitrogens with two attached hydrogens (primary N) is 1. The summed E-state index contributed by atoms with van der Waals surface area (Å²) in [6.07, 6.45) is 0.608. The lowest BCUT2D eigenvalue weighted by molar-refractivity contribution is 0.476. The van der Waals surface area contributed by atoms with Crippen LogP contribution in [0, 0.1) is 0 Å². The van der Waals surface area contributed by atoms with Gasteiger partial charge in [-0.3, -0.25) is 0 Å². The van der Waals surface area contributed by atoms with Crippen molar-refractivity contribution in [3.63, 3.8) is 0 Å². The third-order valence-electron chi connectivity index (χ3n) is 3.77. The van der Waals surface area contributed by atoms with Gasteiger partial charge in [0.1, 0.15) is 0 Å². The number of benzene rings is 2. The van der Waals surface area contributed by atoms with E-state index in [1.807, 2.05) is 37.3 Å². The largest absolute Gasteiger partial charge is 0.329 e. The van der Waals surface area contributed by atoms with Gasteiger partial charge in [0.2, 0.25) is 10.0 Å². The number of hydrogen-bond donors (Lipinski definition) is 3. The van der Waals surface area contributed by atoms with Gasteiger partial charge in [0.25, 0.3) is 0 Å². The number of rotatable bonds is 9. The van der Waals surface area contributed by atoms with E-state index >= 15 is 0 Å². The SMILES string of the molecule is C[C@@H](CN)NC[C@H](Cc1ccccc1)NS(=O)(=O)c1ccccc1. The standard InChI is InChI=1S/C18H25N3O2S/c1-15(13-19)20-14-17(12-16-8-4-2-5-9-16)21-24(22,23)18-10-6-3-7-11-18/h2-11,15,17,20-21H,12-14,19H2,1H3/t15-,17-/m0/s1. The van der Waals surface area contributed by atoms with Crippen molar-refractivity contribution in [3.05, 3.63) is 66.2 Å². The Morgan fingerprint density at radius 1 is 1.00 bits per heavy atom. The number of hydrogen-bond acceptors (Lipinski definition) is 4. The lowest BCUT2D eigenvalue weighted by Crippen LogP contribution is -2.46. The molecule has 0 radical (unpaired) electrons. The van der Waals surface area contributed by atoms with Crippen LogP contribution in [0.15, 0.2) is 65.6 Å². The van der Waals surface area contributed by atoms with Crippen LogP contribution in [-0.2, 0) is 16.4 Å². The predicted molar refractivity (Wildman–Crippen MR) is 97.2 cm³/mol. The van der Waals surface area contributed by atoms with E-state index in [2.05, 4.69) is 10.0 Å². The van der Waals surface area contributed by atoms with Crippen LogP contribution in [0.5, 0.6) is 0 Å². The minimum atomic E-state index is -3.56. The molecule has 130 valence electrons. The molecule has 0 saturated heterocycles. The van der Waals surface area contributed by atoms with Crippen LogP contribution in [0.1, 0.15) is 12.5 Å². The summed E-state index contributed by atoms with van der Waals surface area (Å²) in [5.41, 5.74) is 6.71. The van der Waals surface area contributed by atoms with E-state index in [4.69, 9.17) is 5.73 Å². The Labute approximate surface area is 144 Å². The summed E-state index contributed by atoms with van der Waals surface area (Å²) in [5.74, 6) is 0. The van der Waals surface area contributed by atoms with Crippen molar-refractivity contribution in [1.82, 2.24) is 10.0 Å². The summed E-state index contributed by atoms with van der Waals surface area (Å²) in [7, 11) is -3.56. The maximum absolute atomic E-state index is 12.6. The van der Waals surface area contributed by atoms with Crippen molar-refractivity contribution < 1.29 is 8.42 Å². The van der Waals surface area contributed by atoms with E-state index in [0.717, 1.165) is 5.56 Å². The van der Waals surface area contributed by atoms with Crippen molar-refractivity contribution in [3.8, 4) is 0 Å². The monoisotopic (exact) mass is 347 g/mol. The lowest BCUT2D eigenvalue weighted by Gasteiger charge is -2.21. The second kappa shape index (κ2) is 8.94. The molecule has 0 unspecified atom stereocenters. The van der Waals surface area contributed by atoms with Gasteiger partial charge in [-0.1, -0.05) is 48.5 Å². The molecular weight excluding hydrogens is 322 g/mol. The van der Waals surface area contributed by atoms with Crippen LogP contribution >= 0.6 is 0 Å². The molecule has 0 bridgehead atoms. The first-order chi connectivity index (χ1) is 11.5. The van der Waals surface area contributed by atoms with Crippen molar-refractivity contribution in [1.29, 1.82) is 0 Å². The average Bonchev–Trinajstić information content (AvgIpc) is 2.60. The summed E-state index contributed by atoms with van der Waals surface area (Å²) >= 11 is 0. The Morgan fingerprint density at radius 2 is 1.58 bits per heavy atom. The molecule has 24 heavy (non-hydrogen) atoms. The zero-order valence-corrected chi connectivity index (χ0v) is 14.7. The highest BCUT2D eigenvalue weighted by molar-refractivity contribution is 7.89. The minimum Gasteiger partial charge on any atom is -0.329 e. The summed E-state index contributed by atoms with van der Waals surface area (Å²) in [6.45, 7) is 2.99. The van der Waals surface area contributed by atoms with E-state index < -0.39 is 10.0 Å². The molecule has 0 fully saturated rings. The summed E-state index contributed by atoms with van der Waals surface area (Å²) < 4.78 is 28.0. The number of sulfonamides is 1. The lowest BCUT2D eigenvalue weighted by atomic mass is 10.1. The first kappa shape index (κ1) is 18.6. The van der Waals surface area contributed by atoms with Crippen LogP contribution in [0.4, 0.5) is 0 Å². The molecule has 2 atom stereocenters. The normalized spacial score (nSPS) is 14.2. The summed E-state index contributed by atoms with van der Waals surface area (Å²) in [5, 5.41) is 3.27. The van der Waals surface area contributed by atoms with E-state index in [9.17, 15) is 8.42 Å². The number of nitrogens with one attached hydrogen (secondary N) is 2. The Kier molecular flexibility index (Phi) is 6.93. The van der Waals surface area contributed by atoms with Gasteiger partial charge in [-0.25, -0.2) is 13.1 Å². The second-order valence-corrected chi connectivity index (χ2v) is 7.58. The van der Waals surface area contributed by atoms with Gasteiger partial charge in [0.05, 0.1) is 4.90 Å². The molecule has 0 spiro atoms. The molecule has 0 amide bonds. The first-order valence-electron chi connectivity index (χ1n) is 8.06. The van der Waals surface area contributed by atoms with Gasteiger partial charge in [-0.05, 0) is 31.0 Å². The molecule has 0 heterocycles. The van der Waals surface area contributed by atoms with E-state index in [0.29, 0.717) is 19.5 Å². The predicted octanol–water partition coefficient (Wildman–Crippen LogP) is 1.51. The molecule has 5 nitrogen and oxygen atoms in total. The highest BCUT2D eigenvalue weighted by Crippen LogP contribution is 2.10. The van der Waals surface area contributed by atoms with Crippen molar-refractivity contribution in [2.75, 3.05) is 13.1 Å². The fraction of sp³-hybridized carbons (Fsp3) is 0.333. The molecular formula is C18H25N3O2S. The van der Waals surface area contributed by atoms with Crippen LogP contribution < -0.4 is 15.8 Å². The zero-order valence-electron chi connectivity index (χ0n) is 13.9. The van der Waals surface area contributed by atoms with E-state index in [1.165, 1.54) is 0 Å². The highest BCUT2D eigenvalue weighted by Gasteiger charge is 2.20. The van der Waals surface area contributed by atoms with Crippen LogP contribution in [0.2, 0.25) is 0 Å². The molecule has 2 aromatic rings. The molecule has 0 aliphatic carbocycles. The average molecular weight is 347 g/mol. The van der Waals surface area contributed by atoms with Gasteiger partial charge >= 0.3 is 0 Å². The molecule has 0 aliphatic heterocycles. The fourth-order valence-corrected chi connectivity index (χ4v) is 3.63. The molecule has 4 N–H and O–H groups in total. The fourth-order valence-electron chi connectivity index (χ4n) is 2.37. The maximum atomic E-state index is 12.6. The Hall–Kier alpha value is -1.73. The second-order valence-electron chi connectivity index (χ2n) is 5.87. The van der Waals surface area contributed by atoms with E-state index in [-0.39, 0.29) is 17.0 Å². The Morgan fingerprint density at radius 3 is 2.17 bits per heavy atom. The Balaban J connectivity index is 2.12. The van der Waals surface area contributed by atoms with Crippen LogP contribution in [0.3, 0.4) is 0 Å². The molecule has 2 aromatic carbocycles. The minimum absolute atomic E-state index is 0.129. The summed E-state index contributed by atoms with van der Waals surface area (Å²) in [6, 6.07) is 18.1. The van der Waals surface area contributed by atoms with Gasteiger partial charge < -0.3 is 11.1 Å². The van der Waals surface area contributed by atoms with Gasteiger partial charge in [-0.2, -0.15) is 0 Å². The van der Waals surface area contributed by atoms with Crippen LogP contribution in [-0.4, -0.2) is 33.6 Å². The maximum Gasteiger partial charge on any atom is 0.240 e. The Bertz CT molecular complexity index is 706. The molecule has 0 aliphatic rings. The quantitative estimate of drug-likeness (QED) is 0.642.